The first-order valence-electron chi connectivity index (χ1n) is 8.08. The molecule has 2 aromatic rings. The molecule has 0 spiro atoms. The molecule has 5 heteroatoms. The summed E-state index contributed by atoms with van der Waals surface area (Å²) >= 11 is 8.10. The lowest BCUT2D eigenvalue weighted by molar-refractivity contribution is 0.183. The minimum Gasteiger partial charge on any atom is -0.367 e. The molecule has 1 aromatic heterocycles. The monoisotopic (exact) mass is 345 g/mol. The predicted molar refractivity (Wildman–Crippen MR) is 97.9 cm³/mol. The van der Waals surface area contributed by atoms with Crippen LogP contribution >= 0.6 is 23.4 Å². The van der Waals surface area contributed by atoms with E-state index in [2.05, 4.69) is 58.0 Å². The van der Waals surface area contributed by atoms with Crippen LogP contribution in [0, 0.1) is 0 Å². The van der Waals surface area contributed by atoms with Crippen LogP contribution < -0.4 is 0 Å². The molecule has 2 aliphatic heterocycles. The fourth-order valence-electron chi connectivity index (χ4n) is 3.23. The number of benzene rings is 1. The van der Waals surface area contributed by atoms with Crippen molar-refractivity contribution in [1.29, 1.82) is 0 Å². The van der Waals surface area contributed by atoms with Crippen LogP contribution in [0.15, 0.2) is 46.5 Å². The van der Waals surface area contributed by atoms with Gasteiger partial charge in [0, 0.05) is 54.1 Å². The topological polar surface area (TPSA) is 11.4 Å². The van der Waals surface area contributed by atoms with E-state index in [1.807, 2.05) is 6.07 Å². The molecule has 23 heavy (non-hydrogen) atoms. The van der Waals surface area contributed by atoms with Gasteiger partial charge >= 0.3 is 0 Å². The van der Waals surface area contributed by atoms with Gasteiger partial charge in [-0.2, -0.15) is 0 Å². The Labute approximate surface area is 146 Å². The van der Waals surface area contributed by atoms with Crippen LogP contribution in [0.2, 0.25) is 5.02 Å². The van der Waals surface area contributed by atoms with Crippen molar-refractivity contribution >= 4 is 35.3 Å². The number of fused-ring (bicyclic) bond motifs is 2. The lowest BCUT2D eigenvalue weighted by atomic mass is 10.1. The van der Waals surface area contributed by atoms with Gasteiger partial charge < -0.3 is 14.4 Å². The second kappa shape index (κ2) is 6.27. The van der Waals surface area contributed by atoms with E-state index in [1.54, 1.807) is 11.8 Å². The van der Waals surface area contributed by atoms with Crippen LogP contribution in [0.25, 0.3) is 11.9 Å². The molecule has 2 aliphatic rings. The third-order valence-electron chi connectivity index (χ3n) is 4.59. The molecule has 0 bridgehead atoms. The summed E-state index contributed by atoms with van der Waals surface area (Å²) in [6.07, 6.45) is 4.38. The van der Waals surface area contributed by atoms with E-state index >= 15 is 0 Å². The van der Waals surface area contributed by atoms with E-state index in [4.69, 9.17) is 11.6 Å². The SMILES string of the molecule is CCN1CCN(C2=Cn3cccc3Sc3ccc(Cl)cc32)CC1. The zero-order valence-corrected chi connectivity index (χ0v) is 14.8. The van der Waals surface area contributed by atoms with Crippen LogP contribution in [-0.2, 0) is 0 Å². The first-order chi connectivity index (χ1) is 11.2. The van der Waals surface area contributed by atoms with Gasteiger partial charge in [-0.3, -0.25) is 0 Å². The number of likely N-dealkylation sites (N-methyl/N-ethyl adjacent to an activating group) is 1. The average molecular weight is 346 g/mol. The Hall–Kier alpha value is -1.36. The van der Waals surface area contributed by atoms with Crippen molar-refractivity contribution in [3.63, 3.8) is 0 Å². The van der Waals surface area contributed by atoms with Crippen LogP contribution in [-0.4, -0.2) is 47.1 Å². The van der Waals surface area contributed by atoms with Gasteiger partial charge in [0.2, 0.25) is 0 Å². The molecule has 0 N–H and O–H groups in total. The van der Waals surface area contributed by atoms with Crippen LogP contribution in [0.5, 0.6) is 0 Å². The maximum atomic E-state index is 6.29. The number of halogens is 1. The largest absolute Gasteiger partial charge is 0.367 e. The van der Waals surface area contributed by atoms with Crippen molar-refractivity contribution < 1.29 is 0 Å². The molecule has 4 rings (SSSR count). The molecular weight excluding hydrogens is 326 g/mol. The van der Waals surface area contributed by atoms with Crippen LogP contribution in [0.3, 0.4) is 0 Å². The van der Waals surface area contributed by atoms with Gasteiger partial charge in [-0.1, -0.05) is 30.3 Å². The quantitative estimate of drug-likeness (QED) is 0.808. The van der Waals surface area contributed by atoms with Crippen molar-refractivity contribution in [2.75, 3.05) is 32.7 Å². The standard InChI is InChI=1S/C18H20ClN3S/c1-2-20-8-10-21(11-9-20)16-13-22-7-3-4-18(22)23-17-6-5-14(19)12-15(16)17/h3-7,12-13H,2,8-11H2,1H3. The lowest BCUT2D eigenvalue weighted by Gasteiger charge is -2.37. The fourth-order valence-corrected chi connectivity index (χ4v) is 4.41. The van der Waals surface area contributed by atoms with Crippen molar-refractivity contribution in [3.8, 4) is 0 Å². The lowest BCUT2D eigenvalue weighted by Crippen LogP contribution is -2.45. The zero-order valence-electron chi connectivity index (χ0n) is 13.2. The highest BCUT2D eigenvalue weighted by atomic mass is 35.5. The summed E-state index contributed by atoms with van der Waals surface area (Å²) in [5, 5.41) is 2.05. The van der Waals surface area contributed by atoms with Crippen molar-refractivity contribution in [1.82, 2.24) is 14.4 Å². The second-order valence-corrected chi connectivity index (χ2v) is 7.43. The molecule has 0 atom stereocenters. The molecule has 1 saturated heterocycles. The molecule has 1 fully saturated rings. The van der Waals surface area contributed by atoms with Crippen molar-refractivity contribution in [3.05, 3.63) is 47.1 Å². The molecule has 120 valence electrons. The molecule has 0 saturated carbocycles. The molecule has 0 radical (unpaired) electrons. The van der Waals surface area contributed by atoms with Gasteiger partial charge in [0.15, 0.2) is 0 Å². The Bertz CT molecular complexity index is 744. The molecule has 0 aliphatic carbocycles. The molecule has 0 amide bonds. The summed E-state index contributed by atoms with van der Waals surface area (Å²) in [7, 11) is 0. The van der Waals surface area contributed by atoms with Gasteiger partial charge in [-0.15, -0.1) is 0 Å². The number of hydrogen-bond donors (Lipinski definition) is 0. The van der Waals surface area contributed by atoms with E-state index in [9.17, 15) is 0 Å². The number of aromatic nitrogens is 1. The van der Waals surface area contributed by atoms with Crippen LogP contribution in [0.4, 0.5) is 0 Å². The number of nitrogens with zero attached hydrogens (tertiary/aromatic N) is 3. The Morgan fingerprint density at radius 1 is 1.13 bits per heavy atom. The maximum absolute atomic E-state index is 6.29. The molecule has 3 nitrogen and oxygen atoms in total. The summed E-state index contributed by atoms with van der Waals surface area (Å²) in [4.78, 5) is 6.27. The highest BCUT2D eigenvalue weighted by molar-refractivity contribution is 7.99. The summed E-state index contributed by atoms with van der Waals surface area (Å²) in [5.41, 5.74) is 2.52. The Balaban J connectivity index is 1.76. The third kappa shape index (κ3) is 2.91. The smallest absolute Gasteiger partial charge is 0.0838 e. The minimum absolute atomic E-state index is 0.800. The summed E-state index contributed by atoms with van der Waals surface area (Å²) in [5.74, 6) is 0. The second-order valence-electron chi connectivity index (χ2n) is 5.93. The molecule has 1 aromatic carbocycles. The number of rotatable bonds is 2. The van der Waals surface area contributed by atoms with Gasteiger partial charge in [0.05, 0.1) is 10.7 Å². The number of piperazine rings is 1. The van der Waals surface area contributed by atoms with Crippen molar-refractivity contribution in [2.24, 2.45) is 0 Å². The molecule has 3 heterocycles. The normalized spacial score (nSPS) is 18.2. The first-order valence-corrected chi connectivity index (χ1v) is 9.28. The fraction of sp³-hybridized carbons (Fsp3) is 0.333. The molecule has 0 unspecified atom stereocenters. The Morgan fingerprint density at radius 2 is 1.96 bits per heavy atom. The predicted octanol–water partition coefficient (Wildman–Crippen LogP) is 4.20. The zero-order chi connectivity index (χ0) is 15.8. The summed E-state index contributed by atoms with van der Waals surface area (Å²) < 4.78 is 2.22. The Morgan fingerprint density at radius 3 is 2.74 bits per heavy atom. The van der Waals surface area contributed by atoms with E-state index in [0.29, 0.717) is 0 Å². The highest BCUT2D eigenvalue weighted by Gasteiger charge is 2.23. The third-order valence-corrected chi connectivity index (χ3v) is 5.96. The van der Waals surface area contributed by atoms with E-state index < -0.39 is 0 Å². The van der Waals surface area contributed by atoms with E-state index in [-0.39, 0.29) is 0 Å². The van der Waals surface area contributed by atoms with Gasteiger partial charge in [0.1, 0.15) is 0 Å². The number of hydrogen-bond acceptors (Lipinski definition) is 3. The first kappa shape index (κ1) is 15.2. The summed E-state index contributed by atoms with van der Waals surface area (Å²) in [6.45, 7) is 7.73. The molecular formula is C18H20ClN3S. The van der Waals surface area contributed by atoms with Crippen molar-refractivity contribution in [2.45, 2.75) is 16.8 Å². The minimum atomic E-state index is 0.800. The highest BCUT2D eigenvalue weighted by Crippen LogP contribution is 2.40. The van der Waals surface area contributed by atoms with Gasteiger partial charge in [-0.25, -0.2) is 0 Å². The van der Waals surface area contributed by atoms with Crippen LogP contribution in [0.1, 0.15) is 12.5 Å². The summed E-state index contributed by atoms with van der Waals surface area (Å²) in [6, 6.07) is 10.5. The Kier molecular flexibility index (Phi) is 4.14. The maximum Gasteiger partial charge on any atom is 0.0838 e. The van der Waals surface area contributed by atoms with E-state index in [1.165, 1.54) is 21.2 Å². The van der Waals surface area contributed by atoms with Gasteiger partial charge in [0.25, 0.3) is 0 Å². The average Bonchev–Trinajstić information content (AvgIpc) is 2.95. The van der Waals surface area contributed by atoms with Gasteiger partial charge in [-0.05, 0) is 36.9 Å². The van der Waals surface area contributed by atoms with E-state index in [0.717, 1.165) is 37.7 Å².